The zero-order chi connectivity index (χ0) is 18.0. The summed E-state index contributed by atoms with van der Waals surface area (Å²) in [5.41, 5.74) is 0. The molecule has 0 aromatic heterocycles. The Bertz CT molecular complexity index is 754. The molecule has 136 valence electrons. The van der Waals surface area contributed by atoms with Gasteiger partial charge in [-0.25, -0.2) is 16.8 Å². The van der Waals surface area contributed by atoms with E-state index in [1.54, 1.807) is 12.1 Å². The van der Waals surface area contributed by atoms with Gasteiger partial charge in [0.2, 0.25) is 0 Å². The van der Waals surface area contributed by atoms with Crippen molar-refractivity contribution in [3.63, 3.8) is 0 Å². The fourth-order valence-electron chi connectivity index (χ4n) is 2.81. The lowest BCUT2D eigenvalue weighted by Crippen LogP contribution is -2.43. The molecule has 1 saturated heterocycles. The highest BCUT2D eigenvalue weighted by Gasteiger charge is 2.45. The van der Waals surface area contributed by atoms with Crippen molar-refractivity contribution in [2.75, 3.05) is 25.2 Å². The number of ether oxygens (including phenoxy) is 1. The molecule has 0 amide bonds. The number of benzene rings is 1. The average molecular weight is 376 g/mol. The summed E-state index contributed by atoms with van der Waals surface area (Å²) in [6.07, 6.45) is 0.867. The zero-order valence-electron chi connectivity index (χ0n) is 14.2. The van der Waals surface area contributed by atoms with Crippen molar-refractivity contribution in [2.45, 2.75) is 36.5 Å². The van der Waals surface area contributed by atoms with Gasteiger partial charge in [-0.2, -0.15) is 0 Å². The van der Waals surface area contributed by atoms with Crippen LogP contribution in [-0.4, -0.2) is 53.3 Å². The van der Waals surface area contributed by atoms with E-state index in [1.165, 1.54) is 19.2 Å². The summed E-state index contributed by atoms with van der Waals surface area (Å²) in [5, 5.41) is 2.18. The van der Waals surface area contributed by atoms with E-state index in [0.29, 0.717) is 18.2 Å². The molecular weight excluding hydrogens is 350 g/mol. The Morgan fingerprint density at radius 1 is 1.21 bits per heavy atom. The van der Waals surface area contributed by atoms with Gasteiger partial charge in [0.1, 0.15) is 5.75 Å². The van der Waals surface area contributed by atoms with Gasteiger partial charge in [-0.1, -0.05) is 13.8 Å². The van der Waals surface area contributed by atoms with Crippen LogP contribution in [0.4, 0.5) is 0 Å². The van der Waals surface area contributed by atoms with Crippen molar-refractivity contribution in [3.05, 3.63) is 24.3 Å². The van der Waals surface area contributed by atoms with Crippen molar-refractivity contribution in [1.82, 2.24) is 5.32 Å². The number of methoxy groups -OCH3 is 1. The van der Waals surface area contributed by atoms with Gasteiger partial charge < -0.3 is 10.1 Å². The van der Waals surface area contributed by atoms with Gasteiger partial charge in [0.15, 0.2) is 19.7 Å². The van der Waals surface area contributed by atoms with Gasteiger partial charge in [-0.3, -0.25) is 0 Å². The highest BCUT2D eigenvalue weighted by atomic mass is 32.2. The van der Waals surface area contributed by atoms with E-state index in [-0.39, 0.29) is 16.4 Å². The molecule has 8 heteroatoms. The smallest absolute Gasteiger partial charge is 0.183 e. The Morgan fingerprint density at radius 3 is 2.38 bits per heavy atom. The minimum atomic E-state index is -3.73. The molecular formula is C16H25NO5S2. The second-order valence-corrected chi connectivity index (χ2v) is 10.9. The highest BCUT2D eigenvalue weighted by Crippen LogP contribution is 2.27. The van der Waals surface area contributed by atoms with Crippen LogP contribution in [0, 0.1) is 5.92 Å². The Kier molecular flexibility index (Phi) is 5.93. The quantitative estimate of drug-likeness (QED) is 0.772. The summed E-state index contributed by atoms with van der Waals surface area (Å²) in [4.78, 5) is 0.126. The summed E-state index contributed by atoms with van der Waals surface area (Å²) in [5.74, 6) is 0.554. The monoisotopic (exact) mass is 375 g/mol. The molecule has 24 heavy (non-hydrogen) atoms. The maximum Gasteiger partial charge on any atom is 0.183 e. The molecule has 0 bridgehead atoms. The van der Waals surface area contributed by atoms with Crippen LogP contribution in [0.5, 0.6) is 5.75 Å². The van der Waals surface area contributed by atoms with E-state index < -0.39 is 31.0 Å². The summed E-state index contributed by atoms with van der Waals surface area (Å²) in [6, 6.07) is 5.49. The molecule has 1 N–H and O–H groups in total. The van der Waals surface area contributed by atoms with Gasteiger partial charge in [-0.15, -0.1) is 0 Å². The first-order valence-electron chi connectivity index (χ1n) is 7.97. The Hall–Kier alpha value is -1.12. The molecule has 0 unspecified atom stereocenters. The van der Waals surface area contributed by atoms with Crippen LogP contribution < -0.4 is 10.1 Å². The molecule has 1 aromatic carbocycles. The van der Waals surface area contributed by atoms with Crippen LogP contribution in [0.1, 0.15) is 20.3 Å². The third-order valence-electron chi connectivity index (χ3n) is 4.22. The Labute approximate surface area is 144 Å². The number of hydrogen-bond acceptors (Lipinski definition) is 6. The predicted molar refractivity (Wildman–Crippen MR) is 93.9 cm³/mol. The maximum atomic E-state index is 12.9. The highest BCUT2D eigenvalue weighted by molar-refractivity contribution is 7.96. The molecule has 0 aliphatic carbocycles. The second-order valence-electron chi connectivity index (χ2n) is 6.58. The first-order chi connectivity index (χ1) is 11.2. The van der Waals surface area contributed by atoms with Crippen LogP contribution in [0.15, 0.2) is 29.2 Å². The lowest BCUT2D eigenvalue weighted by atomic mass is 10.1. The number of sulfone groups is 2. The third kappa shape index (κ3) is 4.49. The lowest BCUT2D eigenvalue weighted by Gasteiger charge is -2.20. The molecule has 2 atom stereocenters. The second kappa shape index (κ2) is 7.41. The molecule has 1 aliphatic rings. The van der Waals surface area contributed by atoms with E-state index in [4.69, 9.17) is 4.74 Å². The van der Waals surface area contributed by atoms with Gasteiger partial charge in [-0.05, 0) is 43.1 Å². The van der Waals surface area contributed by atoms with Gasteiger partial charge in [0.25, 0.3) is 0 Å². The largest absolute Gasteiger partial charge is 0.497 e. The standard InChI is InChI=1S/C16H25NO5S2/c1-12(2)8-9-17-15-10-23(18,19)11-16(15)24(20,21)14-6-4-13(22-3)5-7-14/h4-7,12,15-17H,8-11H2,1-3H3/t15-,16-/m0/s1. The summed E-state index contributed by atoms with van der Waals surface area (Å²) >= 11 is 0. The Balaban J connectivity index is 2.24. The van der Waals surface area contributed by atoms with Crippen LogP contribution in [0.25, 0.3) is 0 Å². The van der Waals surface area contributed by atoms with E-state index >= 15 is 0 Å². The van der Waals surface area contributed by atoms with Crippen molar-refractivity contribution in [1.29, 1.82) is 0 Å². The van der Waals surface area contributed by atoms with Crippen molar-refractivity contribution < 1.29 is 21.6 Å². The molecule has 0 radical (unpaired) electrons. The van der Waals surface area contributed by atoms with Crippen LogP contribution in [0.3, 0.4) is 0 Å². The minimum Gasteiger partial charge on any atom is -0.497 e. The van der Waals surface area contributed by atoms with Crippen molar-refractivity contribution in [3.8, 4) is 5.75 Å². The summed E-state index contributed by atoms with van der Waals surface area (Å²) in [6.45, 7) is 4.74. The first kappa shape index (κ1) is 19.2. The van der Waals surface area contributed by atoms with Crippen LogP contribution in [0.2, 0.25) is 0 Å². The minimum absolute atomic E-state index is 0.126. The van der Waals surface area contributed by atoms with Gasteiger partial charge in [0, 0.05) is 6.04 Å². The van der Waals surface area contributed by atoms with Gasteiger partial charge >= 0.3 is 0 Å². The zero-order valence-corrected chi connectivity index (χ0v) is 15.9. The predicted octanol–water partition coefficient (Wildman–Crippen LogP) is 1.27. The molecule has 1 aliphatic heterocycles. The molecule has 1 aromatic rings. The van der Waals surface area contributed by atoms with Gasteiger partial charge in [0.05, 0.1) is 28.8 Å². The van der Waals surface area contributed by atoms with E-state index in [2.05, 4.69) is 19.2 Å². The average Bonchev–Trinajstić information content (AvgIpc) is 2.82. The molecule has 0 spiro atoms. The molecule has 2 rings (SSSR count). The van der Waals surface area contributed by atoms with E-state index in [1.807, 2.05) is 0 Å². The number of hydrogen-bond donors (Lipinski definition) is 1. The fourth-order valence-corrected chi connectivity index (χ4v) is 7.53. The number of rotatable bonds is 7. The molecule has 1 fully saturated rings. The molecule has 6 nitrogen and oxygen atoms in total. The normalized spacial score (nSPS) is 23.5. The first-order valence-corrected chi connectivity index (χ1v) is 11.3. The fraction of sp³-hybridized carbons (Fsp3) is 0.625. The SMILES string of the molecule is COc1ccc(S(=O)(=O)[C@H]2CS(=O)(=O)C[C@@H]2NCCC(C)C)cc1. The Morgan fingerprint density at radius 2 is 1.83 bits per heavy atom. The molecule has 0 saturated carbocycles. The topological polar surface area (TPSA) is 89.5 Å². The molecule has 1 heterocycles. The van der Waals surface area contributed by atoms with E-state index in [9.17, 15) is 16.8 Å². The maximum absolute atomic E-state index is 12.9. The number of nitrogens with one attached hydrogen (secondary N) is 1. The van der Waals surface area contributed by atoms with Crippen LogP contribution >= 0.6 is 0 Å². The lowest BCUT2D eigenvalue weighted by molar-refractivity contribution is 0.414. The van der Waals surface area contributed by atoms with Crippen LogP contribution in [-0.2, 0) is 19.7 Å². The third-order valence-corrected chi connectivity index (χ3v) is 8.38. The van der Waals surface area contributed by atoms with Crippen molar-refractivity contribution in [2.24, 2.45) is 5.92 Å². The van der Waals surface area contributed by atoms with E-state index in [0.717, 1.165) is 6.42 Å². The summed E-state index contributed by atoms with van der Waals surface area (Å²) < 4.78 is 54.8. The van der Waals surface area contributed by atoms with Crippen molar-refractivity contribution >= 4 is 19.7 Å². The summed E-state index contributed by atoms with van der Waals surface area (Å²) in [7, 11) is -5.60.